The summed E-state index contributed by atoms with van der Waals surface area (Å²) in [5.41, 5.74) is 4.40. The van der Waals surface area contributed by atoms with Crippen LogP contribution in [0.3, 0.4) is 0 Å². The van der Waals surface area contributed by atoms with Crippen LogP contribution in [0, 0.1) is 6.57 Å². The van der Waals surface area contributed by atoms with Crippen molar-refractivity contribution < 1.29 is 4.79 Å². The van der Waals surface area contributed by atoms with Crippen molar-refractivity contribution in [2.75, 3.05) is 42.5 Å². The van der Waals surface area contributed by atoms with Crippen LogP contribution in [0.5, 0.6) is 0 Å². The molecule has 1 unspecified atom stereocenters. The molecule has 1 atom stereocenters. The molecule has 0 radical (unpaired) electrons. The molecule has 0 N–H and O–H groups in total. The molecule has 0 bridgehead atoms. The van der Waals surface area contributed by atoms with Crippen molar-refractivity contribution in [2.45, 2.75) is 31.8 Å². The summed E-state index contributed by atoms with van der Waals surface area (Å²) < 4.78 is 0. The normalized spacial score (nSPS) is 17.0. The molecule has 3 aromatic carbocycles. The van der Waals surface area contributed by atoms with Crippen LogP contribution < -0.4 is 9.80 Å². The van der Waals surface area contributed by atoms with Gasteiger partial charge < -0.3 is 19.5 Å². The van der Waals surface area contributed by atoms with Crippen molar-refractivity contribution in [1.82, 2.24) is 14.9 Å². The molecule has 2 aliphatic rings. The van der Waals surface area contributed by atoms with E-state index in [1.165, 1.54) is 16.5 Å². The molecule has 6 rings (SSSR count). The highest BCUT2D eigenvalue weighted by Gasteiger charge is 2.35. The van der Waals surface area contributed by atoms with Gasteiger partial charge in [0.05, 0.1) is 12.2 Å². The highest BCUT2D eigenvalue weighted by molar-refractivity contribution is 6.28. The molecule has 7 nitrogen and oxygen atoms in total. The van der Waals surface area contributed by atoms with E-state index in [1.54, 1.807) is 0 Å². The average Bonchev–Trinajstić information content (AvgIpc) is 2.99. The number of nitrogens with zero attached hydrogens (tertiary/aromatic N) is 6. The van der Waals surface area contributed by atoms with E-state index in [9.17, 15) is 4.79 Å². The third kappa shape index (κ3) is 5.32. The number of aryl methyl sites for hydroxylation is 1. The Morgan fingerprint density at radius 2 is 1.75 bits per heavy atom. The lowest BCUT2D eigenvalue weighted by Gasteiger charge is -2.41. The lowest BCUT2D eigenvalue weighted by atomic mass is 10.0. The number of piperazine rings is 1. The Labute approximate surface area is 239 Å². The molecule has 3 heterocycles. The van der Waals surface area contributed by atoms with Crippen molar-refractivity contribution >= 4 is 39.8 Å². The average molecular weight is 551 g/mol. The van der Waals surface area contributed by atoms with Crippen molar-refractivity contribution in [3.8, 4) is 0 Å². The Kier molecular flexibility index (Phi) is 7.52. The van der Waals surface area contributed by atoms with Crippen molar-refractivity contribution in [3.05, 3.63) is 106 Å². The smallest absolute Gasteiger partial charge is 0.236 e. The fourth-order valence-electron chi connectivity index (χ4n) is 6.01. The first-order valence-corrected chi connectivity index (χ1v) is 14.2. The summed E-state index contributed by atoms with van der Waals surface area (Å²) in [6.45, 7) is 11.1. The second-order valence-corrected chi connectivity index (χ2v) is 10.8. The molecule has 0 aliphatic carbocycles. The Bertz CT molecular complexity index is 1560. The zero-order valence-corrected chi connectivity index (χ0v) is 23.1. The van der Waals surface area contributed by atoms with E-state index in [2.05, 4.69) is 67.1 Å². The quantitative estimate of drug-likeness (QED) is 0.237. The molecular weight excluding hydrogens is 520 g/mol. The maximum absolute atomic E-state index is 13.2. The summed E-state index contributed by atoms with van der Waals surface area (Å²) in [5.74, 6) is 0.949. The SMILES string of the molecule is [C-]#[N+]CC1CN(c2nc(Cl)nc3c2CCN(c2cccc4ccccc24)C3)CCN1C(=O)CCc1ccccc1. The lowest BCUT2D eigenvalue weighted by molar-refractivity contribution is -0.133. The van der Waals surface area contributed by atoms with Crippen LogP contribution in [-0.2, 0) is 24.2 Å². The standard InChI is InChI=1S/C32H31ClN6O/c1-34-20-25-21-38(18-19-39(25)30(40)15-14-23-8-3-2-4-9-23)31-27-16-17-37(22-28(27)35-32(33)36-31)29-13-7-11-24-10-5-6-12-26(24)29/h2-13,25H,14-22H2. The number of fused-ring (bicyclic) bond motifs is 2. The summed E-state index contributed by atoms with van der Waals surface area (Å²) in [4.78, 5) is 32.7. The van der Waals surface area contributed by atoms with Crippen molar-refractivity contribution in [3.63, 3.8) is 0 Å². The molecule has 1 amide bonds. The Morgan fingerprint density at radius 3 is 2.60 bits per heavy atom. The molecule has 1 aromatic heterocycles. The van der Waals surface area contributed by atoms with Gasteiger partial charge in [-0.15, -0.1) is 0 Å². The van der Waals surface area contributed by atoms with Gasteiger partial charge >= 0.3 is 0 Å². The van der Waals surface area contributed by atoms with E-state index in [4.69, 9.17) is 18.2 Å². The van der Waals surface area contributed by atoms with Gasteiger partial charge in [-0.05, 0) is 41.5 Å². The van der Waals surface area contributed by atoms with Crippen LogP contribution in [0.15, 0.2) is 72.8 Å². The van der Waals surface area contributed by atoms with Crippen LogP contribution in [0.1, 0.15) is 23.2 Å². The second-order valence-electron chi connectivity index (χ2n) is 10.4. The van der Waals surface area contributed by atoms with Crippen LogP contribution in [-0.4, -0.2) is 59.5 Å². The number of halogens is 1. The van der Waals surface area contributed by atoms with Gasteiger partial charge in [0.2, 0.25) is 17.7 Å². The van der Waals surface area contributed by atoms with Gasteiger partial charge in [0, 0.05) is 49.2 Å². The topological polar surface area (TPSA) is 56.9 Å². The summed E-state index contributed by atoms with van der Waals surface area (Å²) in [5, 5.41) is 2.68. The fraction of sp³-hybridized carbons (Fsp3) is 0.312. The number of aromatic nitrogens is 2. The largest absolute Gasteiger partial charge is 0.365 e. The molecule has 4 aromatic rings. The van der Waals surface area contributed by atoms with Gasteiger partial charge in [0.1, 0.15) is 11.9 Å². The summed E-state index contributed by atoms with van der Waals surface area (Å²) in [6.07, 6.45) is 1.94. The minimum Gasteiger partial charge on any atom is -0.365 e. The van der Waals surface area contributed by atoms with E-state index in [0.29, 0.717) is 39.0 Å². The molecule has 0 spiro atoms. The molecule has 202 valence electrons. The van der Waals surface area contributed by atoms with Crippen LogP contribution in [0.4, 0.5) is 11.5 Å². The van der Waals surface area contributed by atoms with Gasteiger partial charge in [0.15, 0.2) is 0 Å². The monoisotopic (exact) mass is 550 g/mol. The lowest BCUT2D eigenvalue weighted by Crippen LogP contribution is -2.57. The van der Waals surface area contributed by atoms with Crippen LogP contribution in [0.25, 0.3) is 15.6 Å². The zero-order valence-electron chi connectivity index (χ0n) is 22.3. The molecule has 8 heteroatoms. The number of hydrogen-bond acceptors (Lipinski definition) is 5. The molecule has 2 aliphatic heterocycles. The predicted molar refractivity (Wildman–Crippen MR) is 160 cm³/mol. The van der Waals surface area contributed by atoms with Crippen molar-refractivity contribution in [2.24, 2.45) is 0 Å². The number of amides is 1. The molecule has 40 heavy (non-hydrogen) atoms. The van der Waals surface area contributed by atoms with Gasteiger partial charge in [-0.1, -0.05) is 66.7 Å². The van der Waals surface area contributed by atoms with E-state index >= 15 is 0 Å². The highest BCUT2D eigenvalue weighted by Crippen LogP contribution is 2.34. The van der Waals surface area contributed by atoms with E-state index < -0.39 is 0 Å². The van der Waals surface area contributed by atoms with Gasteiger partial charge in [-0.3, -0.25) is 4.79 Å². The number of anilines is 2. The minimum atomic E-state index is -0.185. The van der Waals surface area contributed by atoms with Crippen LogP contribution >= 0.6 is 11.6 Å². The highest BCUT2D eigenvalue weighted by atomic mass is 35.5. The van der Waals surface area contributed by atoms with E-state index in [1.807, 2.05) is 35.2 Å². The van der Waals surface area contributed by atoms with Crippen LogP contribution in [0.2, 0.25) is 5.28 Å². The van der Waals surface area contributed by atoms with Gasteiger partial charge in [-0.25, -0.2) is 16.5 Å². The molecular formula is C32H31ClN6O. The Hall–Kier alpha value is -4.15. The maximum Gasteiger partial charge on any atom is 0.236 e. The van der Waals surface area contributed by atoms with Gasteiger partial charge in [0.25, 0.3) is 0 Å². The number of carbonyl (C=O) groups excluding carboxylic acids is 1. The molecule has 0 saturated carbocycles. The maximum atomic E-state index is 13.2. The molecule has 1 fully saturated rings. The number of hydrogen-bond donors (Lipinski definition) is 0. The second kappa shape index (κ2) is 11.5. The summed E-state index contributed by atoms with van der Waals surface area (Å²) >= 11 is 6.49. The number of benzene rings is 3. The summed E-state index contributed by atoms with van der Waals surface area (Å²) in [6, 6.07) is 24.7. The van der Waals surface area contributed by atoms with Crippen molar-refractivity contribution in [1.29, 1.82) is 0 Å². The number of rotatable bonds is 6. The fourth-order valence-corrected chi connectivity index (χ4v) is 6.19. The third-order valence-electron chi connectivity index (χ3n) is 8.00. The minimum absolute atomic E-state index is 0.102. The predicted octanol–water partition coefficient (Wildman–Crippen LogP) is 5.42. The molecule has 1 saturated heterocycles. The first-order valence-electron chi connectivity index (χ1n) is 13.8. The zero-order chi connectivity index (χ0) is 27.5. The number of carbonyl (C=O) groups is 1. The Morgan fingerprint density at radius 1 is 0.950 bits per heavy atom. The summed E-state index contributed by atoms with van der Waals surface area (Å²) in [7, 11) is 0. The van der Waals surface area contributed by atoms with Gasteiger partial charge in [-0.2, -0.15) is 0 Å². The third-order valence-corrected chi connectivity index (χ3v) is 8.17. The first kappa shape index (κ1) is 26.1. The van der Waals surface area contributed by atoms with E-state index in [0.717, 1.165) is 35.6 Å². The first-order chi connectivity index (χ1) is 19.6. The Balaban J connectivity index is 1.20. The van der Waals surface area contributed by atoms with E-state index in [-0.39, 0.29) is 23.8 Å².